The van der Waals surface area contributed by atoms with Crippen molar-refractivity contribution >= 4 is 18.2 Å². The molecule has 0 unspecified atom stereocenters. The second-order valence-electron chi connectivity index (χ2n) is 3.07. The van der Waals surface area contributed by atoms with Gasteiger partial charge in [0, 0.05) is 6.54 Å². The Bertz CT molecular complexity index is 251. The van der Waals surface area contributed by atoms with Crippen LogP contribution in [-0.4, -0.2) is 37.1 Å². The number of nitrogen functional groups attached to an aromatic ring is 1. The lowest BCUT2D eigenvalue weighted by molar-refractivity contribution is 0.260. The predicted molar refractivity (Wildman–Crippen MR) is 59.9 cm³/mol. The molecule has 0 atom stereocenters. The molecule has 0 aliphatic heterocycles. The molecule has 0 aliphatic carbocycles. The number of halogens is 1. The van der Waals surface area contributed by atoms with E-state index in [4.69, 9.17) is 10.5 Å². The molecule has 0 spiro atoms. The van der Waals surface area contributed by atoms with Gasteiger partial charge in [0.05, 0.1) is 6.20 Å². The number of hydrogen-bond donors (Lipinski definition) is 1. The molecule has 1 aromatic rings. The summed E-state index contributed by atoms with van der Waals surface area (Å²) in [5, 5.41) is 0. The van der Waals surface area contributed by atoms with E-state index in [1.807, 2.05) is 20.2 Å². The maximum atomic E-state index is 5.43. The largest absolute Gasteiger partial charge is 0.491 e. The van der Waals surface area contributed by atoms with E-state index < -0.39 is 0 Å². The first kappa shape index (κ1) is 13.0. The average molecular weight is 218 g/mol. The molecule has 0 fully saturated rings. The molecule has 0 bridgehead atoms. The smallest absolute Gasteiger partial charge is 0.137 e. The monoisotopic (exact) mass is 217 g/mol. The number of likely N-dealkylation sites (N-methyl/N-ethyl adjacent to an activating group) is 1. The average Bonchev–Trinajstić information content (AvgIpc) is 2.08. The molecule has 0 amide bonds. The molecule has 4 nitrogen and oxygen atoms in total. The van der Waals surface area contributed by atoms with Crippen molar-refractivity contribution < 1.29 is 4.74 Å². The van der Waals surface area contributed by atoms with Crippen LogP contribution >= 0.6 is 12.4 Å². The van der Waals surface area contributed by atoms with Crippen molar-refractivity contribution in [3.8, 4) is 5.75 Å². The summed E-state index contributed by atoms with van der Waals surface area (Å²) in [6.45, 7) is 1.56. The molecule has 5 heteroatoms. The van der Waals surface area contributed by atoms with Gasteiger partial charge in [-0.15, -0.1) is 12.4 Å². The standard InChI is InChI=1S/C9H15N3O.ClH/c1-12(2)5-6-13-8-3-4-9(10)11-7-8;/h3-4,7H,5-6H2,1-2H3,(H2,10,11);1H. The van der Waals surface area contributed by atoms with Gasteiger partial charge in [-0.1, -0.05) is 0 Å². The van der Waals surface area contributed by atoms with E-state index in [1.165, 1.54) is 0 Å². The Labute approximate surface area is 90.5 Å². The number of nitrogens with two attached hydrogens (primary N) is 1. The summed E-state index contributed by atoms with van der Waals surface area (Å²) in [7, 11) is 4.01. The summed E-state index contributed by atoms with van der Waals surface area (Å²) in [6.07, 6.45) is 1.63. The fourth-order valence-electron chi connectivity index (χ4n) is 0.823. The highest BCUT2D eigenvalue weighted by Gasteiger charge is 1.94. The van der Waals surface area contributed by atoms with Crippen LogP contribution in [0.3, 0.4) is 0 Å². The number of hydrogen-bond acceptors (Lipinski definition) is 4. The van der Waals surface area contributed by atoms with Gasteiger partial charge in [0.2, 0.25) is 0 Å². The van der Waals surface area contributed by atoms with Crippen molar-refractivity contribution in [2.75, 3.05) is 33.0 Å². The molecule has 0 saturated carbocycles. The molecule has 80 valence electrons. The Morgan fingerprint density at radius 1 is 1.43 bits per heavy atom. The van der Waals surface area contributed by atoms with Gasteiger partial charge in [-0.2, -0.15) is 0 Å². The number of nitrogens with zero attached hydrogens (tertiary/aromatic N) is 2. The van der Waals surface area contributed by atoms with E-state index >= 15 is 0 Å². The highest BCUT2D eigenvalue weighted by Crippen LogP contribution is 2.09. The van der Waals surface area contributed by atoms with Gasteiger partial charge < -0.3 is 15.4 Å². The molecular formula is C9H16ClN3O. The Morgan fingerprint density at radius 2 is 2.14 bits per heavy atom. The van der Waals surface area contributed by atoms with Crippen LogP contribution in [0.4, 0.5) is 5.82 Å². The Kier molecular flexibility index (Phi) is 5.99. The number of ether oxygens (including phenoxy) is 1. The van der Waals surface area contributed by atoms with Crippen molar-refractivity contribution in [3.63, 3.8) is 0 Å². The van der Waals surface area contributed by atoms with Crippen LogP contribution in [0.5, 0.6) is 5.75 Å². The van der Waals surface area contributed by atoms with E-state index in [2.05, 4.69) is 9.88 Å². The predicted octanol–water partition coefficient (Wildman–Crippen LogP) is 1.03. The summed E-state index contributed by atoms with van der Waals surface area (Å²) in [5.41, 5.74) is 5.43. The first-order chi connectivity index (χ1) is 6.18. The van der Waals surface area contributed by atoms with E-state index in [1.54, 1.807) is 12.3 Å². The second kappa shape index (κ2) is 6.45. The molecule has 0 saturated heterocycles. The highest BCUT2D eigenvalue weighted by atomic mass is 35.5. The number of rotatable bonds is 4. The normalized spacial score (nSPS) is 9.64. The Hall–Kier alpha value is -1.00. The highest BCUT2D eigenvalue weighted by molar-refractivity contribution is 5.85. The van der Waals surface area contributed by atoms with Crippen molar-refractivity contribution in [3.05, 3.63) is 18.3 Å². The lowest BCUT2D eigenvalue weighted by Gasteiger charge is -2.10. The molecule has 1 heterocycles. The minimum atomic E-state index is 0. The Morgan fingerprint density at radius 3 is 2.64 bits per heavy atom. The topological polar surface area (TPSA) is 51.4 Å². The summed E-state index contributed by atoms with van der Waals surface area (Å²) in [4.78, 5) is 5.98. The van der Waals surface area contributed by atoms with Crippen LogP contribution in [0.25, 0.3) is 0 Å². The van der Waals surface area contributed by atoms with Gasteiger partial charge in [0.15, 0.2) is 0 Å². The first-order valence-electron chi connectivity index (χ1n) is 4.17. The van der Waals surface area contributed by atoms with Gasteiger partial charge >= 0.3 is 0 Å². The lowest BCUT2D eigenvalue weighted by atomic mass is 10.4. The first-order valence-corrected chi connectivity index (χ1v) is 4.17. The van der Waals surface area contributed by atoms with Gasteiger partial charge in [0.25, 0.3) is 0 Å². The van der Waals surface area contributed by atoms with E-state index in [0.29, 0.717) is 12.4 Å². The minimum absolute atomic E-state index is 0. The molecule has 1 aromatic heterocycles. The van der Waals surface area contributed by atoms with Gasteiger partial charge in [-0.3, -0.25) is 0 Å². The summed E-state index contributed by atoms with van der Waals surface area (Å²) in [5.74, 6) is 1.27. The third-order valence-electron chi connectivity index (χ3n) is 1.57. The fraction of sp³-hybridized carbons (Fsp3) is 0.444. The van der Waals surface area contributed by atoms with Crippen LogP contribution in [-0.2, 0) is 0 Å². The summed E-state index contributed by atoms with van der Waals surface area (Å²) < 4.78 is 5.41. The van der Waals surface area contributed by atoms with Gasteiger partial charge in [-0.05, 0) is 26.2 Å². The quantitative estimate of drug-likeness (QED) is 0.819. The number of aromatic nitrogens is 1. The Balaban J connectivity index is 0.00000169. The summed E-state index contributed by atoms with van der Waals surface area (Å²) >= 11 is 0. The fourth-order valence-corrected chi connectivity index (χ4v) is 0.823. The van der Waals surface area contributed by atoms with Crippen LogP contribution in [0.15, 0.2) is 18.3 Å². The third-order valence-corrected chi connectivity index (χ3v) is 1.57. The van der Waals surface area contributed by atoms with Crippen molar-refractivity contribution in [1.29, 1.82) is 0 Å². The number of pyridine rings is 1. The van der Waals surface area contributed by atoms with E-state index in [9.17, 15) is 0 Å². The van der Waals surface area contributed by atoms with Crippen LogP contribution in [0.1, 0.15) is 0 Å². The number of anilines is 1. The maximum absolute atomic E-state index is 5.43. The second-order valence-corrected chi connectivity index (χ2v) is 3.07. The summed E-state index contributed by atoms with van der Waals surface area (Å²) in [6, 6.07) is 3.54. The molecule has 2 N–H and O–H groups in total. The van der Waals surface area contributed by atoms with E-state index in [0.717, 1.165) is 12.3 Å². The third kappa shape index (κ3) is 4.89. The zero-order valence-electron chi connectivity index (χ0n) is 8.43. The zero-order valence-corrected chi connectivity index (χ0v) is 9.25. The minimum Gasteiger partial charge on any atom is -0.491 e. The molecule has 0 aliphatic rings. The lowest BCUT2D eigenvalue weighted by Crippen LogP contribution is -2.19. The van der Waals surface area contributed by atoms with Crippen LogP contribution in [0.2, 0.25) is 0 Å². The molecule has 0 radical (unpaired) electrons. The van der Waals surface area contributed by atoms with Crippen molar-refractivity contribution in [2.24, 2.45) is 0 Å². The molecule has 0 aromatic carbocycles. The molecule has 1 rings (SSSR count). The molecular weight excluding hydrogens is 202 g/mol. The maximum Gasteiger partial charge on any atom is 0.137 e. The van der Waals surface area contributed by atoms with Crippen LogP contribution < -0.4 is 10.5 Å². The van der Waals surface area contributed by atoms with Crippen molar-refractivity contribution in [1.82, 2.24) is 9.88 Å². The van der Waals surface area contributed by atoms with Crippen molar-refractivity contribution in [2.45, 2.75) is 0 Å². The van der Waals surface area contributed by atoms with Gasteiger partial charge in [-0.25, -0.2) is 4.98 Å². The SMILES string of the molecule is CN(C)CCOc1ccc(N)nc1.Cl. The van der Waals surface area contributed by atoms with E-state index in [-0.39, 0.29) is 12.4 Å². The molecule has 14 heavy (non-hydrogen) atoms. The van der Waals surface area contributed by atoms with Crippen LogP contribution in [0, 0.1) is 0 Å². The zero-order chi connectivity index (χ0) is 9.68. The van der Waals surface area contributed by atoms with Gasteiger partial charge in [0.1, 0.15) is 18.2 Å².